The van der Waals surface area contributed by atoms with Crippen LogP contribution in [0, 0.1) is 0 Å². The average Bonchev–Trinajstić information content (AvgIpc) is 2.77. The van der Waals surface area contributed by atoms with Crippen molar-refractivity contribution in [2.75, 3.05) is 39.1 Å². The molecule has 2 N–H and O–H groups in total. The standard InChI is InChI=1S/C22H36N4O2S/c1-3-29(27)21-9-5-8-20(15-21)25-22(23-2)24-16-18-6-4-7-19(14-18)17-26-10-12-28-13-11-26/h4,6-7,14,20-21H,3,5,8-13,15-17H2,1-2H3,(H2,23,24,25). The van der Waals surface area contributed by atoms with Crippen LogP contribution in [0.4, 0.5) is 0 Å². The molecule has 1 aliphatic heterocycles. The minimum atomic E-state index is -0.703. The molecule has 0 amide bonds. The number of nitrogens with one attached hydrogen (secondary N) is 2. The molecule has 1 aromatic carbocycles. The lowest BCUT2D eigenvalue weighted by Gasteiger charge is -2.30. The number of aliphatic imine (C=N–C) groups is 1. The third-order valence-corrected chi connectivity index (χ3v) is 7.55. The molecule has 7 heteroatoms. The van der Waals surface area contributed by atoms with Gasteiger partial charge in [-0.3, -0.25) is 14.1 Å². The van der Waals surface area contributed by atoms with Crippen molar-refractivity contribution in [1.82, 2.24) is 15.5 Å². The van der Waals surface area contributed by atoms with Crippen LogP contribution in [0.2, 0.25) is 0 Å². The Labute approximate surface area is 178 Å². The summed E-state index contributed by atoms with van der Waals surface area (Å²) in [5.41, 5.74) is 2.60. The minimum Gasteiger partial charge on any atom is -0.379 e. The number of morpholine rings is 1. The predicted molar refractivity (Wildman–Crippen MR) is 121 cm³/mol. The Morgan fingerprint density at radius 2 is 2.07 bits per heavy atom. The van der Waals surface area contributed by atoms with Crippen LogP contribution in [0.15, 0.2) is 29.3 Å². The smallest absolute Gasteiger partial charge is 0.191 e. The van der Waals surface area contributed by atoms with E-state index in [0.717, 1.165) is 76.8 Å². The summed E-state index contributed by atoms with van der Waals surface area (Å²) in [6, 6.07) is 9.11. The summed E-state index contributed by atoms with van der Waals surface area (Å²) >= 11 is 0. The summed E-state index contributed by atoms with van der Waals surface area (Å²) in [5.74, 6) is 1.59. The van der Waals surface area contributed by atoms with Crippen molar-refractivity contribution in [3.63, 3.8) is 0 Å². The van der Waals surface area contributed by atoms with Crippen molar-refractivity contribution in [2.45, 2.75) is 57.0 Å². The SMILES string of the molecule is CCS(=O)C1CCCC(NC(=NC)NCc2cccc(CN3CCOCC3)c2)C1. The number of benzene rings is 1. The second-order valence-corrected chi connectivity index (χ2v) is 9.94. The van der Waals surface area contributed by atoms with Gasteiger partial charge in [0.2, 0.25) is 0 Å². The maximum atomic E-state index is 12.2. The van der Waals surface area contributed by atoms with Crippen molar-refractivity contribution in [3.8, 4) is 0 Å². The molecule has 0 aromatic heterocycles. The molecule has 1 saturated carbocycles. The van der Waals surface area contributed by atoms with Gasteiger partial charge in [0, 0.05) is 61.1 Å². The van der Waals surface area contributed by atoms with E-state index in [0.29, 0.717) is 11.3 Å². The van der Waals surface area contributed by atoms with Gasteiger partial charge in [-0.25, -0.2) is 0 Å². The highest BCUT2D eigenvalue weighted by atomic mass is 32.2. The molecule has 0 spiro atoms. The summed E-state index contributed by atoms with van der Waals surface area (Å²) in [6.07, 6.45) is 4.30. The van der Waals surface area contributed by atoms with E-state index in [9.17, 15) is 4.21 Å². The van der Waals surface area contributed by atoms with E-state index < -0.39 is 10.8 Å². The van der Waals surface area contributed by atoms with E-state index in [1.807, 2.05) is 14.0 Å². The molecule has 2 fully saturated rings. The molecule has 29 heavy (non-hydrogen) atoms. The number of ether oxygens (including phenoxy) is 1. The largest absolute Gasteiger partial charge is 0.379 e. The van der Waals surface area contributed by atoms with Gasteiger partial charge in [-0.05, 0) is 30.4 Å². The molecule has 1 aliphatic carbocycles. The van der Waals surface area contributed by atoms with Crippen molar-refractivity contribution in [1.29, 1.82) is 0 Å². The number of hydrogen-bond acceptors (Lipinski definition) is 4. The molecular formula is C22H36N4O2S. The second-order valence-electron chi connectivity index (χ2n) is 7.93. The highest BCUT2D eigenvalue weighted by Crippen LogP contribution is 2.23. The molecule has 3 unspecified atom stereocenters. The molecule has 0 bridgehead atoms. The second kappa shape index (κ2) is 11.7. The van der Waals surface area contributed by atoms with Gasteiger partial charge >= 0.3 is 0 Å². The molecule has 1 aromatic rings. The van der Waals surface area contributed by atoms with Crippen LogP contribution < -0.4 is 10.6 Å². The Morgan fingerprint density at radius 3 is 2.83 bits per heavy atom. The molecule has 1 saturated heterocycles. The van der Waals surface area contributed by atoms with Gasteiger partial charge < -0.3 is 15.4 Å². The van der Waals surface area contributed by atoms with Crippen LogP contribution in [0.25, 0.3) is 0 Å². The third-order valence-electron chi connectivity index (χ3n) is 5.81. The average molecular weight is 421 g/mol. The number of rotatable bonds is 7. The molecule has 3 rings (SSSR count). The first-order valence-electron chi connectivity index (χ1n) is 10.9. The van der Waals surface area contributed by atoms with Gasteiger partial charge in [0.1, 0.15) is 0 Å². The van der Waals surface area contributed by atoms with Gasteiger partial charge in [-0.2, -0.15) is 0 Å². The summed E-state index contributed by atoms with van der Waals surface area (Å²) in [6.45, 7) is 7.40. The first-order valence-corrected chi connectivity index (χ1v) is 12.3. The van der Waals surface area contributed by atoms with E-state index in [1.54, 1.807) is 0 Å². The van der Waals surface area contributed by atoms with Gasteiger partial charge in [0.25, 0.3) is 0 Å². The van der Waals surface area contributed by atoms with Crippen LogP contribution in [0.3, 0.4) is 0 Å². The fourth-order valence-electron chi connectivity index (χ4n) is 4.18. The Hall–Kier alpha value is -1.44. The van der Waals surface area contributed by atoms with E-state index in [-0.39, 0.29) is 0 Å². The first kappa shape index (κ1) is 22.2. The minimum absolute atomic E-state index is 0.321. The summed E-state index contributed by atoms with van der Waals surface area (Å²) in [4.78, 5) is 6.84. The fraction of sp³-hybridized carbons (Fsp3) is 0.682. The maximum absolute atomic E-state index is 12.2. The van der Waals surface area contributed by atoms with Crippen molar-refractivity contribution >= 4 is 16.8 Å². The molecular weight excluding hydrogens is 384 g/mol. The van der Waals surface area contributed by atoms with Gasteiger partial charge in [-0.1, -0.05) is 37.6 Å². The molecule has 1 heterocycles. The summed E-state index contributed by atoms with van der Waals surface area (Å²) in [5, 5.41) is 7.32. The van der Waals surface area contributed by atoms with Crippen LogP contribution in [-0.4, -0.2) is 65.5 Å². The number of hydrogen-bond donors (Lipinski definition) is 2. The van der Waals surface area contributed by atoms with Crippen LogP contribution in [0.1, 0.15) is 43.7 Å². The lowest BCUT2D eigenvalue weighted by molar-refractivity contribution is 0.0342. The molecule has 162 valence electrons. The predicted octanol–water partition coefficient (Wildman–Crippen LogP) is 2.26. The van der Waals surface area contributed by atoms with Crippen molar-refractivity contribution in [3.05, 3.63) is 35.4 Å². The molecule has 3 atom stereocenters. The van der Waals surface area contributed by atoms with Gasteiger partial charge in [0.05, 0.1) is 13.2 Å². The Bertz CT molecular complexity index is 691. The monoisotopic (exact) mass is 420 g/mol. The highest BCUT2D eigenvalue weighted by Gasteiger charge is 2.26. The summed E-state index contributed by atoms with van der Waals surface area (Å²) < 4.78 is 17.6. The lowest BCUT2D eigenvalue weighted by Crippen LogP contribution is -2.46. The molecule has 0 radical (unpaired) electrons. The van der Waals surface area contributed by atoms with Crippen LogP contribution in [0.5, 0.6) is 0 Å². The summed E-state index contributed by atoms with van der Waals surface area (Å²) in [7, 11) is 1.11. The van der Waals surface area contributed by atoms with Gasteiger partial charge in [-0.15, -0.1) is 0 Å². The zero-order valence-electron chi connectivity index (χ0n) is 17.9. The fourth-order valence-corrected chi connectivity index (χ4v) is 5.53. The first-order chi connectivity index (χ1) is 14.2. The Kier molecular flexibility index (Phi) is 8.95. The van der Waals surface area contributed by atoms with Crippen LogP contribution >= 0.6 is 0 Å². The zero-order chi connectivity index (χ0) is 20.5. The Morgan fingerprint density at radius 1 is 1.28 bits per heavy atom. The quantitative estimate of drug-likeness (QED) is 0.523. The zero-order valence-corrected chi connectivity index (χ0v) is 18.7. The normalized spacial score (nSPS) is 24.8. The highest BCUT2D eigenvalue weighted by molar-refractivity contribution is 7.85. The van der Waals surface area contributed by atoms with E-state index in [4.69, 9.17) is 4.74 Å². The third kappa shape index (κ3) is 7.08. The van der Waals surface area contributed by atoms with E-state index >= 15 is 0 Å². The van der Waals surface area contributed by atoms with Crippen LogP contribution in [-0.2, 0) is 28.6 Å². The molecule has 6 nitrogen and oxygen atoms in total. The maximum Gasteiger partial charge on any atom is 0.191 e. The topological polar surface area (TPSA) is 66.0 Å². The van der Waals surface area contributed by atoms with Crippen molar-refractivity contribution in [2.24, 2.45) is 4.99 Å². The van der Waals surface area contributed by atoms with E-state index in [1.165, 1.54) is 11.1 Å². The number of nitrogens with zero attached hydrogens (tertiary/aromatic N) is 2. The number of guanidine groups is 1. The van der Waals surface area contributed by atoms with E-state index in [2.05, 4.69) is 44.8 Å². The van der Waals surface area contributed by atoms with Gasteiger partial charge in [0.15, 0.2) is 5.96 Å². The van der Waals surface area contributed by atoms with Crippen molar-refractivity contribution < 1.29 is 8.95 Å². The lowest BCUT2D eigenvalue weighted by atomic mass is 9.95. The molecule has 2 aliphatic rings. The Balaban J connectivity index is 1.49.